The number of hydrogen-bond donors (Lipinski definition) is 1. The summed E-state index contributed by atoms with van der Waals surface area (Å²) in [7, 11) is -4.02. The predicted octanol–water partition coefficient (Wildman–Crippen LogP) is 3.41. The van der Waals surface area contributed by atoms with E-state index in [1.54, 1.807) is 12.1 Å². The highest BCUT2D eigenvalue weighted by Gasteiger charge is 2.06. The smallest absolute Gasteiger partial charge is 0.294 e. The number of unbranched alkanes of at least 4 members (excludes halogenated alkanes) is 1. The van der Waals surface area contributed by atoms with Crippen LogP contribution in [-0.4, -0.2) is 31.0 Å². The molecule has 0 saturated carbocycles. The largest absolute Gasteiger partial charge is 0.374 e. The van der Waals surface area contributed by atoms with E-state index < -0.39 is 10.1 Å². The summed E-state index contributed by atoms with van der Waals surface area (Å²) in [4.78, 5) is 2.27. The lowest BCUT2D eigenvalue weighted by Crippen LogP contribution is -2.19. The maximum Gasteiger partial charge on any atom is 0.294 e. The minimum atomic E-state index is -4.02. The molecule has 0 aliphatic carbocycles. The van der Waals surface area contributed by atoms with Gasteiger partial charge in [-0.15, -0.1) is 0 Å². The van der Waals surface area contributed by atoms with Crippen molar-refractivity contribution in [2.24, 2.45) is 0 Å². The first kappa shape index (κ1) is 17.5. The van der Waals surface area contributed by atoms with Crippen LogP contribution in [0.1, 0.15) is 25.3 Å². The summed E-state index contributed by atoms with van der Waals surface area (Å²) in [6, 6.07) is 5.99. The molecule has 0 atom stereocenters. The standard InChI is InChI=1S/C9H15N.C7H8O3S/c1-2-3-7-10-8-5-4-6-9-10;1-6-2-4-7(5-3-6)11(8,9)10/h4-6,8H,2-3,7,9H2,1H3;2-5H,1H3,(H,8,9,10). The Morgan fingerprint density at radius 3 is 2.33 bits per heavy atom. The molecule has 0 amide bonds. The van der Waals surface area contributed by atoms with Gasteiger partial charge < -0.3 is 4.90 Å². The Labute approximate surface area is 127 Å². The van der Waals surface area contributed by atoms with Gasteiger partial charge in [0.15, 0.2) is 0 Å². The molecule has 1 N–H and O–H groups in total. The molecular formula is C16H23NO3S. The molecule has 0 fully saturated rings. The number of hydrogen-bond acceptors (Lipinski definition) is 3. The molecule has 0 radical (unpaired) electrons. The van der Waals surface area contributed by atoms with Gasteiger partial charge in [0.05, 0.1) is 4.90 Å². The van der Waals surface area contributed by atoms with Crippen LogP contribution in [0, 0.1) is 6.92 Å². The van der Waals surface area contributed by atoms with Gasteiger partial charge in [-0.1, -0.05) is 43.2 Å². The van der Waals surface area contributed by atoms with Gasteiger partial charge in [0.1, 0.15) is 0 Å². The summed E-state index contributed by atoms with van der Waals surface area (Å²) in [5.74, 6) is 0. The van der Waals surface area contributed by atoms with Crippen LogP contribution in [0.4, 0.5) is 0 Å². The fourth-order valence-corrected chi connectivity index (χ4v) is 2.22. The predicted molar refractivity (Wildman–Crippen MR) is 85.8 cm³/mol. The van der Waals surface area contributed by atoms with Crippen LogP contribution in [-0.2, 0) is 10.1 Å². The van der Waals surface area contributed by atoms with Gasteiger partial charge in [-0.2, -0.15) is 8.42 Å². The Morgan fingerprint density at radius 2 is 1.86 bits per heavy atom. The molecule has 116 valence electrons. The van der Waals surface area contributed by atoms with Crippen molar-refractivity contribution in [1.82, 2.24) is 4.90 Å². The molecular weight excluding hydrogens is 286 g/mol. The summed E-state index contributed by atoms with van der Waals surface area (Å²) in [6.07, 6.45) is 11.1. The highest BCUT2D eigenvalue weighted by Crippen LogP contribution is 2.08. The molecule has 0 bridgehead atoms. The van der Waals surface area contributed by atoms with E-state index in [0.717, 1.165) is 12.1 Å². The fraction of sp³-hybridized carbons (Fsp3) is 0.375. The van der Waals surface area contributed by atoms with E-state index >= 15 is 0 Å². The quantitative estimate of drug-likeness (QED) is 0.866. The van der Waals surface area contributed by atoms with E-state index in [1.165, 1.54) is 31.5 Å². The molecule has 0 unspecified atom stereocenters. The Balaban J connectivity index is 0.000000211. The highest BCUT2D eigenvalue weighted by molar-refractivity contribution is 7.85. The topological polar surface area (TPSA) is 57.6 Å². The van der Waals surface area contributed by atoms with Crippen LogP contribution >= 0.6 is 0 Å². The molecule has 1 aliphatic heterocycles. The van der Waals surface area contributed by atoms with Crippen LogP contribution in [0.15, 0.2) is 53.6 Å². The highest BCUT2D eigenvalue weighted by atomic mass is 32.2. The van der Waals surface area contributed by atoms with Gasteiger partial charge in [0.2, 0.25) is 0 Å². The number of aryl methyl sites for hydroxylation is 1. The summed E-state index contributed by atoms with van der Waals surface area (Å²) in [5, 5.41) is 0. The van der Waals surface area contributed by atoms with Crippen LogP contribution in [0.2, 0.25) is 0 Å². The molecule has 5 heteroatoms. The van der Waals surface area contributed by atoms with Crippen LogP contribution in [0.3, 0.4) is 0 Å². The summed E-state index contributed by atoms with van der Waals surface area (Å²) in [5.41, 5.74) is 0.956. The maximum atomic E-state index is 10.5. The summed E-state index contributed by atoms with van der Waals surface area (Å²) in [6.45, 7) is 6.37. The molecule has 0 aromatic heterocycles. The fourth-order valence-electron chi connectivity index (χ4n) is 1.74. The first-order valence-corrected chi connectivity index (χ1v) is 8.49. The van der Waals surface area contributed by atoms with Crippen molar-refractivity contribution in [3.8, 4) is 0 Å². The van der Waals surface area contributed by atoms with E-state index in [1.807, 2.05) is 6.92 Å². The Hall–Kier alpha value is -1.59. The number of benzene rings is 1. The van der Waals surface area contributed by atoms with Crippen molar-refractivity contribution in [2.45, 2.75) is 31.6 Å². The average molecular weight is 309 g/mol. The van der Waals surface area contributed by atoms with Crippen molar-refractivity contribution in [1.29, 1.82) is 0 Å². The van der Waals surface area contributed by atoms with Crippen molar-refractivity contribution < 1.29 is 13.0 Å². The second-order valence-electron chi connectivity index (χ2n) is 4.91. The second kappa shape index (κ2) is 8.64. The minimum Gasteiger partial charge on any atom is -0.374 e. The van der Waals surface area contributed by atoms with Gasteiger partial charge in [-0.25, -0.2) is 0 Å². The van der Waals surface area contributed by atoms with Gasteiger partial charge >= 0.3 is 0 Å². The molecule has 1 aromatic rings. The third-order valence-corrected chi connectivity index (χ3v) is 3.87. The van der Waals surface area contributed by atoms with E-state index in [9.17, 15) is 8.42 Å². The number of rotatable bonds is 4. The van der Waals surface area contributed by atoms with Crippen molar-refractivity contribution >= 4 is 10.1 Å². The summed E-state index contributed by atoms with van der Waals surface area (Å²) >= 11 is 0. The third-order valence-electron chi connectivity index (χ3n) is 3.00. The number of allylic oxidation sites excluding steroid dienone is 2. The zero-order chi connectivity index (χ0) is 15.7. The SMILES string of the molecule is CCCCN1C=CC=CC1.Cc1ccc(S(=O)(=O)O)cc1. The normalized spacial score (nSPS) is 13.8. The zero-order valence-corrected chi connectivity index (χ0v) is 13.4. The van der Waals surface area contributed by atoms with Crippen molar-refractivity contribution in [3.63, 3.8) is 0 Å². The molecule has 0 spiro atoms. The molecule has 1 heterocycles. The van der Waals surface area contributed by atoms with Crippen molar-refractivity contribution in [2.75, 3.05) is 13.1 Å². The Morgan fingerprint density at radius 1 is 1.19 bits per heavy atom. The average Bonchev–Trinajstić information content (AvgIpc) is 2.46. The molecule has 1 aliphatic rings. The third kappa shape index (κ3) is 7.11. The first-order chi connectivity index (χ1) is 9.93. The number of nitrogens with zero attached hydrogens (tertiary/aromatic N) is 1. The van der Waals surface area contributed by atoms with E-state index in [0.29, 0.717) is 0 Å². The molecule has 21 heavy (non-hydrogen) atoms. The van der Waals surface area contributed by atoms with Crippen LogP contribution < -0.4 is 0 Å². The first-order valence-electron chi connectivity index (χ1n) is 7.05. The molecule has 4 nitrogen and oxygen atoms in total. The lowest BCUT2D eigenvalue weighted by atomic mass is 10.2. The van der Waals surface area contributed by atoms with Gasteiger partial charge in [0.25, 0.3) is 10.1 Å². The Kier molecular flexibility index (Phi) is 7.19. The van der Waals surface area contributed by atoms with Crippen LogP contribution in [0.25, 0.3) is 0 Å². The van der Waals surface area contributed by atoms with Gasteiger partial charge in [-0.3, -0.25) is 4.55 Å². The lowest BCUT2D eigenvalue weighted by Gasteiger charge is -2.19. The summed E-state index contributed by atoms with van der Waals surface area (Å²) < 4.78 is 29.6. The molecule has 0 saturated heterocycles. The Bertz CT molecular complexity index is 574. The minimum absolute atomic E-state index is 0.0666. The van der Waals surface area contributed by atoms with E-state index in [-0.39, 0.29) is 4.90 Å². The van der Waals surface area contributed by atoms with Gasteiger partial charge in [-0.05, 0) is 37.8 Å². The van der Waals surface area contributed by atoms with Crippen molar-refractivity contribution in [3.05, 3.63) is 54.3 Å². The monoisotopic (exact) mass is 309 g/mol. The van der Waals surface area contributed by atoms with Crippen LogP contribution in [0.5, 0.6) is 0 Å². The van der Waals surface area contributed by atoms with Gasteiger partial charge in [0, 0.05) is 13.1 Å². The van der Waals surface area contributed by atoms with E-state index in [4.69, 9.17) is 4.55 Å². The zero-order valence-electron chi connectivity index (χ0n) is 12.6. The maximum absolute atomic E-state index is 10.5. The second-order valence-corrected chi connectivity index (χ2v) is 6.33. The molecule has 2 rings (SSSR count). The lowest BCUT2D eigenvalue weighted by molar-refractivity contribution is 0.401. The molecule has 1 aromatic carbocycles. The van der Waals surface area contributed by atoms with E-state index in [2.05, 4.69) is 36.3 Å².